The molecule has 12 N–H and O–H groups in total. The minimum absolute atomic E-state index is 0.236. The molecule has 3 fully saturated rings. The smallest absolute Gasteiger partial charge is 0.220 e. The summed E-state index contributed by atoms with van der Waals surface area (Å²) < 4.78 is 34.5. The Morgan fingerprint density at radius 1 is 0.321 bits per heavy atom. The highest BCUT2D eigenvalue weighted by Crippen LogP contribution is 2.34. The normalized spacial score (nSPS) is 25.5. The van der Waals surface area contributed by atoms with E-state index in [1.165, 1.54) is 308 Å². The summed E-state index contributed by atoms with van der Waals surface area (Å²) in [5.74, 6) is -0.282. The Morgan fingerprint density at radius 2 is 0.587 bits per heavy atom. The Balaban J connectivity index is 1.31. The van der Waals surface area contributed by atoms with E-state index in [0.29, 0.717) is 12.8 Å². The van der Waals surface area contributed by atoms with Crippen molar-refractivity contribution in [3.05, 3.63) is 48.6 Å². The molecule has 0 aromatic rings. The molecule has 0 saturated carbocycles. The van der Waals surface area contributed by atoms with Gasteiger partial charge in [-0.3, -0.25) is 4.79 Å². The van der Waals surface area contributed by atoms with Crippen LogP contribution in [-0.2, 0) is 33.2 Å². The molecule has 19 heteroatoms. The maximum absolute atomic E-state index is 13.5. The molecule has 3 rings (SSSR count). The predicted molar refractivity (Wildman–Crippen MR) is 439 cm³/mol. The Morgan fingerprint density at radius 3 is 0.917 bits per heavy atom. The maximum atomic E-state index is 13.5. The number of carbonyl (C=O) groups is 1. The SMILES string of the molecule is CCCCCCCCCC/C=C\CCCCCCCCCCCCCCCCCCCCCCCCCCCCCC(=O)NC(COC1OC(CO)C(OC2OC(CO)C(OC3OC(CO)C(O)C(O)C3O)C(O)C2O)C(O)C1O)C(O)/C=C/CC/C=C/CC/C=C/CCCCCCCCCCCCCCCCC. The first kappa shape index (κ1) is 101. The molecule has 1 amide bonds. The Bertz CT molecular complexity index is 2150. The van der Waals surface area contributed by atoms with Crippen LogP contribution >= 0.6 is 0 Å². The molecule has 3 saturated heterocycles. The fourth-order valence-corrected chi connectivity index (χ4v) is 15.3. The monoisotopic (exact) mass is 1550 g/mol. The highest BCUT2D eigenvalue weighted by atomic mass is 16.8. The number of nitrogens with one attached hydrogen (secondary N) is 1. The first-order chi connectivity index (χ1) is 53.3. The molecule has 19 nitrogen and oxygen atoms in total. The summed E-state index contributed by atoms with van der Waals surface area (Å²) >= 11 is 0. The van der Waals surface area contributed by atoms with E-state index in [0.717, 1.165) is 44.9 Å². The molecule has 0 radical (unpaired) electrons. The molecule has 109 heavy (non-hydrogen) atoms. The lowest BCUT2D eigenvalue weighted by molar-refractivity contribution is -0.379. The second-order valence-corrected chi connectivity index (χ2v) is 32.4. The molecule has 3 aliphatic heterocycles. The summed E-state index contributed by atoms with van der Waals surface area (Å²) in [6.07, 6.45) is 64.3. The summed E-state index contributed by atoms with van der Waals surface area (Å²) in [6.45, 7) is 1.77. The van der Waals surface area contributed by atoms with Crippen LogP contribution in [0.3, 0.4) is 0 Å². The number of hydrogen-bond donors (Lipinski definition) is 12. The minimum atomic E-state index is -1.98. The van der Waals surface area contributed by atoms with Crippen LogP contribution in [0.5, 0.6) is 0 Å². The van der Waals surface area contributed by atoms with Gasteiger partial charge in [-0.2, -0.15) is 0 Å². The number of unbranched alkanes of at least 4 members (excludes halogenated alkanes) is 52. The number of carbonyl (C=O) groups excluding carboxylic acids is 1. The number of hydrogen-bond acceptors (Lipinski definition) is 18. The Hall–Kier alpha value is -2.25. The average molecular weight is 1550 g/mol. The molecule has 0 aromatic carbocycles. The van der Waals surface area contributed by atoms with E-state index < -0.39 is 124 Å². The molecule has 17 atom stereocenters. The van der Waals surface area contributed by atoms with Crippen molar-refractivity contribution in [1.82, 2.24) is 5.32 Å². The lowest BCUT2D eigenvalue weighted by Gasteiger charge is -2.48. The third kappa shape index (κ3) is 48.8. The highest BCUT2D eigenvalue weighted by molar-refractivity contribution is 5.76. The van der Waals surface area contributed by atoms with Crippen molar-refractivity contribution in [2.45, 2.75) is 491 Å². The van der Waals surface area contributed by atoms with Crippen LogP contribution in [0.2, 0.25) is 0 Å². The van der Waals surface area contributed by atoms with Gasteiger partial charge < -0.3 is 89.9 Å². The van der Waals surface area contributed by atoms with Crippen molar-refractivity contribution in [3.63, 3.8) is 0 Å². The lowest BCUT2D eigenvalue weighted by Crippen LogP contribution is -2.66. The van der Waals surface area contributed by atoms with Crippen LogP contribution < -0.4 is 5.32 Å². The fourth-order valence-electron chi connectivity index (χ4n) is 15.3. The van der Waals surface area contributed by atoms with Gasteiger partial charge in [0.2, 0.25) is 5.91 Å². The van der Waals surface area contributed by atoms with E-state index in [9.17, 15) is 61.0 Å². The van der Waals surface area contributed by atoms with E-state index in [1.807, 2.05) is 6.08 Å². The van der Waals surface area contributed by atoms with Crippen LogP contribution in [0.25, 0.3) is 0 Å². The average Bonchev–Trinajstić information content (AvgIpc) is 0.759. The third-order valence-electron chi connectivity index (χ3n) is 22.6. The van der Waals surface area contributed by atoms with Crippen LogP contribution in [0.1, 0.15) is 386 Å². The largest absolute Gasteiger partial charge is 0.394 e. The molecule has 640 valence electrons. The van der Waals surface area contributed by atoms with Gasteiger partial charge in [0.1, 0.15) is 73.2 Å². The van der Waals surface area contributed by atoms with Crippen molar-refractivity contribution in [2.24, 2.45) is 0 Å². The number of aliphatic hydroxyl groups is 11. The van der Waals surface area contributed by atoms with Gasteiger partial charge >= 0.3 is 0 Å². The van der Waals surface area contributed by atoms with Crippen LogP contribution in [0.4, 0.5) is 0 Å². The summed E-state index contributed by atoms with van der Waals surface area (Å²) in [5, 5.41) is 121. The van der Waals surface area contributed by atoms with Crippen LogP contribution in [-0.4, -0.2) is 193 Å². The number of allylic oxidation sites excluding steroid dienone is 7. The maximum Gasteiger partial charge on any atom is 0.220 e. The number of amides is 1. The zero-order valence-electron chi connectivity index (χ0n) is 69.1. The molecule has 0 spiro atoms. The summed E-state index contributed by atoms with van der Waals surface area (Å²) in [4.78, 5) is 13.5. The third-order valence-corrected chi connectivity index (χ3v) is 22.6. The molecule has 0 bridgehead atoms. The van der Waals surface area contributed by atoms with Gasteiger partial charge in [-0.25, -0.2) is 0 Å². The number of aliphatic hydroxyl groups excluding tert-OH is 11. The molecular formula is C90H167NO18. The standard InChI is InChI=1S/C90H167NO18/c1-3-5-7-9-11-13-15-17-19-21-23-25-27-29-30-31-32-33-34-35-36-37-38-39-40-41-42-44-46-48-50-52-54-56-58-60-62-64-66-68-78(96)91-73(74(95)67-65-63-61-59-57-55-53-51-49-47-45-43-28-26-24-22-20-18-16-14-12-10-8-6-4-2)72-104-88-84(102)81(99)86(76(70-93)106-88)109-90-85(103)82(100)87(77(71-94)107-90)108-89-83(101)80(98)79(97)75(69-92)105-89/h21,23,49,51,57,59,65,67,73-77,79-90,92-95,97-103H,3-20,22,24-48,50,52-56,58,60-64,66,68-72H2,1-2H3,(H,91,96)/b23-21-,51-49+,59-57+,67-65+. The Kier molecular flexibility index (Phi) is 64.8. The summed E-state index contributed by atoms with van der Waals surface area (Å²) in [7, 11) is 0. The molecule has 3 aliphatic rings. The van der Waals surface area contributed by atoms with Crippen molar-refractivity contribution in [1.29, 1.82) is 0 Å². The van der Waals surface area contributed by atoms with E-state index >= 15 is 0 Å². The first-order valence-electron chi connectivity index (χ1n) is 45.4. The number of ether oxygens (including phenoxy) is 6. The molecule has 0 aliphatic carbocycles. The van der Waals surface area contributed by atoms with Gasteiger partial charge in [-0.15, -0.1) is 0 Å². The second kappa shape index (κ2) is 70.0. The van der Waals surface area contributed by atoms with Crippen molar-refractivity contribution < 1.29 is 89.4 Å². The predicted octanol–water partition coefficient (Wildman–Crippen LogP) is 17.2. The summed E-state index contributed by atoms with van der Waals surface area (Å²) in [5.41, 5.74) is 0. The minimum Gasteiger partial charge on any atom is -0.394 e. The zero-order chi connectivity index (χ0) is 78.8. The Labute approximate surface area is 663 Å². The number of rotatable bonds is 74. The van der Waals surface area contributed by atoms with Crippen molar-refractivity contribution in [3.8, 4) is 0 Å². The first-order valence-corrected chi connectivity index (χ1v) is 45.4. The van der Waals surface area contributed by atoms with Crippen LogP contribution in [0.15, 0.2) is 48.6 Å². The van der Waals surface area contributed by atoms with Gasteiger partial charge in [0.05, 0.1) is 38.6 Å². The molecule has 3 heterocycles. The lowest BCUT2D eigenvalue weighted by atomic mass is 9.96. The van der Waals surface area contributed by atoms with Gasteiger partial charge in [0.25, 0.3) is 0 Å². The molecule has 0 aromatic heterocycles. The zero-order valence-corrected chi connectivity index (χ0v) is 69.1. The van der Waals surface area contributed by atoms with Crippen LogP contribution in [0, 0.1) is 0 Å². The van der Waals surface area contributed by atoms with E-state index in [-0.39, 0.29) is 18.9 Å². The fraction of sp³-hybridized carbons (Fsp3) is 0.900. The quantitative estimate of drug-likeness (QED) is 0.0199. The van der Waals surface area contributed by atoms with Gasteiger partial charge in [0.15, 0.2) is 18.9 Å². The van der Waals surface area contributed by atoms with E-state index in [4.69, 9.17) is 28.4 Å². The topological polar surface area (TPSA) is 307 Å². The van der Waals surface area contributed by atoms with Gasteiger partial charge in [-0.05, 0) is 70.6 Å². The highest BCUT2D eigenvalue weighted by Gasteiger charge is 2.54. The second-order valence-electron chi connectivity index (χ2n) is 32.4. The van der Waals surface area contributed by atoms with E-state index in [1.54, 1.807) is 6.08 Å². The summed E-state index contributed by atoms with van der Waals surface area (Å²) in [6, 6.07) is -0.998. The molecular weight excluding hydrogens is 1380 g/mol. The van der Waals surface area contributed by atoms with E-state index in [2.05, 4.69) is 55.6 Å². The van der Waals surface area contributed by atoms with Crippen molar-refractivity contribution in [2.75, 3.05) is 26.4 Å². The van der Waals surface area contributed by atoms with Gasteiger partial charge in [-0.1, -0.05) is 358 Å². The van der Waals surface area contributed by atoms with Crippen molar-refractivity contribution >= 4 is 5.91 Å². The van der Waals surface area contributed by atoms with Gasteiger partial charge in [0, 0.05) is 6.42 Å². The molecule has 17 unspecified atom stereocenters.